The van der Waals surface area contributed by atoms with E-state index >= 15 is 0 Å². The summed E-state index contributed by atoms with van der Waals surface area (Å²) in [6, 6.07) is 6.26. The Kier molecular flexibility index (Phi) is 4.71. The van der Waals surface area contributed by atoms with Gasteiger partial charge in [0.05, 0.1) is 14.2 Å². The van der Waals surface area contributed by atoms with Crippen LogP contribution in [0.2, 0.25) is 0 Å². The molecule has 1 aromatic heterocycles. The molecule has 0 aliphatic rings. The predicted molar refractivity (Wildman–Crippen MR) is 89.8 cm³/mol. The molecule has 0 bridgehead atoms. The van der Waals surface area contributed by atoms with Crippen molar-refractivity contribution in [3.05, 3.63) is 43.6 Å². The van der Waals surface area contributed by atoms with Crippen molar-refractivity contribution in [2.45, 2.75) is 20.3 Å². The number of hydrogen-bond donors (Lipinski definition) is 1. The number of nitrogen functional groups attached to an aromatic ring is 1. The van der Waals surface area contributed by atoms with Crippen molar-refractivity contribution in [1.82, 2.24) is 9.97 Å². The van der Waals surface area contributed by atoms with Crippen LogP contribution in [0.25, 0.3) is 11.4 Å². The number of nitro benzene ring substituents is 1. The molecule has 2 rings (SSSR count). The van der Waals surface area contributed by atoms with Gasteiger partial charge in [-0.15, -0.1) is 0 Å². The average Bonchev–Trinajstić information content (AvgIpc) is 2.43. The molecule has 2 N–H and O–H groups in total. The van der Waals surface area contributed by atoms with Crippen LogP contribution in [0.4, 0.5) is 11.5 Å². The lowest BCUT2D eigenvalue weighted by Crippen LogP contribution is -2.07. The number of aromatic nitrogens is 2. The van der Waals surface area contributed by atoms with Crippen LogP contribution in [-0.2, 0) is 6.42 Å². The second-order valence-electron chi connectivity index (χ2n) is 5.10. The van der Waals surface area contributed by atoms with Gasteiger partial charge in [0.25, 0.3) is 5.69 Å². The van der Waals surface area contributed by atoms with Crippen LogP contribution in [0.1, 0.15) is 19.5 Å². The van der Waals surface area contributed by atoms with Crippen LogP contribution in [-0.4, -0.2) is 14.9 Å². The molecule has 0 atom stereocenters. The van der Waals surface area contributed by atoms with Gasteiger partial charge in [-0.3, -0.25) is 10.1 Å². The van der Waals surface area contributed by atoms with Crippen LogP contribution in [0.3, 0.4) is 0 Å². The number of benzene rings is 1. The van der Waals surface area contributed by atoms with Gasteiger partial charge in [0.2, 0.25) is 0 Å². The van der Waals surface area contributed by atoms with Gasteiger partial charge in [-0.2, -0.15) is 0 Å². The lowest BCUT2D eigenvalue weighted by atomic mass is 10.1. The van der Waals surface area contributed by atoms with Crippen LogP contribution in [0, 0.1) is 19.6 Å². The Labute approximate surface area is 136 Å². The first-order valence-electron chi connectivity index (χ1n) is 6.45. The van der Waals surface area contributed by atoms with Gasteiger partial charge in [-0.1, -0.05) is 26.0 Å². The van der Waals surface area contributed by atoms with Crippen molar-refractivity contribution >= 4 is 34.1 Å². The van der Waals surface area contributed by atoms with Crippen molar-refractivity contribution in [1.29, 1.82) is 0 Å². The van der Waals surface area contributed by atoms with E-state index in [1.165, 1.54) is 12.1 Å². The van der Waals surface area contributed by atoms with Crippen molar-refractivity contribution in [3.63, 3.8) is 0 Å². The molecule has 2 aromatic rings. The third-order valence-corrected chi connectivity index (χ3v) is 4.04. The SMILES string of the molecule is CC(C)Cc1nc(-c2cccc([N+](=O)[O-])c2)nc(N)c1I. The molecule has 1 aromatic carbocycles. The number of halogens is 1. The van der Waals surface area contributed by atoms with Gasteiger partial charge in [0.15, 0.2) is 5.82 Å². The molecule has 21 heavy (non-hydrogen) atoms. The molecule has 6 nitrogen and oxygen atoms in total. The fraction of sp³-hybridized carbons (Fsp3) is 0.286. The molecule has 0 radical (unpaired) electrons. The number of anilines is 1. The maximum Gasteiger partial charge on any atom is 0.270 e. The molecule has 0 unspecified atom stereocenters. The van der Waals surface area contributed by atoms with E-state index in [4.69, 9.17) is 5.73 Å². The summed E-state index contributed by atoms with van der Waals surface area (Å²) in [5.41, 5.74) is 7.42. The monoisotopic (exact) mass is 398 g/mol. The van der Waals surface area contributed by atoms with Crippen LogP contribution in [0.5, 0.6) is 0 Å². The Balaban J connectivity index is 2.51. The van der Waals surface area contributed by atoms with E-state index in [9.17, 15) is 10.1 Å². The average molecular weight is 398 g/mol. The normalized spacial score (nSPS) is 10.9. The van der Waals surface area contributed by atoms with Crippen molar-refractivity contribution in [2.24, 2.45) is 5.92 Å². The Morgan fingerprint density at radius 2 is 2.10 bits per heavy atom. The Hall–Kier alpha value is -1.77. The number of rotatable bonds is 4. The zero-order valence-electron chi connectivity index (χ0n) is 11.7. The highest BCUT2D eigenvalue weighted by Crippen LogP contribution is 2.26. The summed E-state index contributed by atoms with van der Waals surface area (Å²) in [5.74, 6) is 1.26. The van der Waals surface area contributed by atoms with E-state index in [1.807, 2.05) is 0 Å². The molecule has 0 aliphatic carbocycles. The van der Waals surface area contributed by atoms with E-state index in [1.54, 1.807) is 12.1 Å². The molecular formula is C14H15IN4O2. The smallest absolute Gasteiger partial charge is 0.270 e. The molecular weight excluding hydrogens is 383 g/mol. The zero-order valence-corrected chi connectivity index (χ0v) is 13.9. The third kappa shape index (κ3) is 3.66. The first-order chi connectivity index (χ1) is 9.88. The lowest BCUT2D eigenvalue weighted by molar-refractivity contribution is -0.384. The minimum atomic E-state index is -0.436. The highest BCUT2D eigenvalue weighted by molar-refractivity contribution is 14.1. The van der Waals surface area contributed by atoms with Crippen LogP contribution in [0.15, 0.2) is 24.3 Å². The summed E-state index contributed by atoms with van der Waals surface area (Å²) in [7, 11) is 0. The quantitative estimate of drug-likeness (QED) is 0.484. The number of nitrogens with zero attached hydrogens (tertiary/aromatic N) is 3. The highest BCUT2D eigenvalue weighted by atomic mass is 127. The van der Waals surface area contributed by atoms with Gasteiger partial charge in [-0.25, -0.2) is 9.97 Å². The number of non-ortho nitro benzene ring substituents is 1. The third-order valence-electron chi connectivity index (χ3n) is 2.86. The lowest BCUT2D eigenvalue weighted by Gasteiger charge is -2.10. The second-order valence-corrected chi connectivity index (χ2v) is 6.18. The number of nitro groups is 1. The predicted octanol–water partition coefficient (Wildman–Crippen LogP) is 3.44. The summed E-state index contributed by atoms with van der Waals surface area (Å²) >= 11 is 2.13. The maximum atomic E-state index is 10.9. The summed E-state index contributed by atoms with van der Waals surface area (Å²) in [6.07, 6.45) is 0.785. The van der Waals surface area contributed by atoms with E-state index < -0.39 is 4.92 Å². The van der Waals surface area contributed by atoms with Crippen molar-refractivity contribution in [2.75, 3.05) is 5.73 Å². The molecule has 0 aliphatic heterocycles. The topological polar surface area (TPSA) is 94.9 Å². The molecule has 110 valence electrons. The van der Waals surface area contributed by atoms with Crippen LogP contribution >= 0.6 is 22.6 Å². The number of nitrogens with two attached hydrogens (primary N) is 1. The molecule has 7 heteroatoms. The second kappa shape index (κ2) is 6.33. The fourth-order valence-corrected chi connectivity index (χ4v) is 2.38. The molecule has 0 spiro atoms. The van der Waals surface area contributed by atoms with E-state index in [0.717, 1.165) is 15.7 Å². The van der Waals surface area contributed by atoms with Gasteiger partial charge >= 0.3 is 0 Å². The van der Waals surface area contributed by atoms with E-state index in [-0.39, 0.29) is 5.69 Å². The maximum absolute atomic E-state index is 10.9. The first-order valence-corrected chi connectivity index (χ1v) is 7.53. The molecule has 1 heterocycles. The minimum Gasteiger partial charge on any atom is -0.383 e. The standard InChI is InChI=1S/C14H15IN4O2/c1-8(2)6-11-12(15)13(16)18-14(17-11)9-4-3-5-10(7-9)19(20)21/h3-5,7-8H,6H2,1-2H3,(H2,16,17,18). The van der Waals surface area contributed by atoms with Gasteiger partial charge < -0.3 is 5.73 Å². The van der Waals surface area contributed by atoms with Gasteiger partial charge in [0, 0.05) is 17.7 Å². The van der Waals surface area contributed by atoms with Gasteiger partial charge in [-0.05, 0) is 34.9 Å². The molecule has 0 saturated carbocycles. The summed E-state index contributed by atoms with van der Waals surface area (Å²) in [5, 5.41) is 10.9. The van der Waals surface area contributed by atoms with Crippen molar-refractivity contribution in [3.8, 4) is 11.4 Å². The molecule has 0 saturated heterocycles. The zero-order chi connectivity index (χ0) is 15.6. The fourth-order valence-electron chi connectivity index (χ4n) is 1.92. The Morgan fingerprint density at radius 1 is 1.38 bits per heavy atom. The van der Waals surface area contributed by atoms with E-state index in [0.29, 0.717) is 23.1 Å². The summed E-state index contributed by atoms with van der Waals surface area (Å²) in [6.45, 7) is 4.20. The van der Waals surface area contributed by atoms with Crippen LogP contribution < -0.4 is 5.73 Å². The molecule has 0 fully saturated rings. The van der Waals surface area contributed by atoms with Crippen molar-refractivity contribution < 1.29 is 4.92 Å². The Morgan fingerprint density at radius 3 is 2.71 bits per heavy atom. The van der Waals surface area contributed by atoms with Gasteiger partial charge in [0.1, 0.15) is 5.82 Å². The van der Waals surface area contributed by atoms with E-state index in [2.05, 4.69) is 46.4 Å². The summed E-state index contributed by atoms with van der Waals surface area (Å²) in [4.78, 5) is 19.2. The first kappa shape index (κ1) is 15.6. The largest absolute Gasteiger partial charge is 0.383 e. The minimum absolute atomic E-state index is 0.0126. The summed E-state index contributed by atoms with van der Waals surface area (Å²) < 4.78 is 0.843. The molecule has 0 amide bonds. The Bertz CT molecular complexity index is 689. The number of hydrogen-bond acceptors (Lipinski definition) is 5. The highest BCUT2D eigenvalue weighted by Gasteiger charge is 2.14.